The molecule has 0 unspecified atom stereocenters. The van der Waals surface area contributed by atoms with E-state index in [0.717, 1.165) is 18.4 Å². The van der Waals surface area contributed by atoms with Gasteiger partial charge in [0.2, 0.25) is 11.3 Å². The fraction of sp³-hybridized carbons (Fsp3) is 0.400. The fourth-order valence-corrected chi connectivity index (χ4v) is 5.80. The Morgan fingerprint density at radius 2 is 1.86 bits per heavy atom. The molecule has 3 aromatic rings. The van der Waals surface area contributed by atoms with Crippen molar-refractivity contribution >= 4 is 23.2 Å². The standard InChI is InChI=1S/C25H26FN5O4S/c1-3-29-14-25(2,24(35)30-10-4-5-11-30)31-13-17(20(32)21(33)19(31)23(29)34)22-28-27-18(36-22)12-15-6-8-16(26)9-7-15/h6-9,13,33H,3-5,10-12,14H2,1-2H3/t25-/m1/s1. The van der Waals surface area contributed by atoms with E-state index in [2.05, 4.69) is 10.2 Å². The van der Waals surface area contributed by atoms with Crippen molar-refractivity contribution in [1.82, 2.24) is 24.6 Å². The topological polar surface area (TPSA) is 109 Å². The maximum Gasteiger partial charge on any atom is 0.274 e. The monoisotopic (exact) mass is 511 g/mol. The lowest BCUT2D eigenvalue weighted by Crippen LogP contribution is -2.60. The molecule has 2 aliphatic rings. The zero-order chi connectivity index (χ0) is 25.6. The lowest BCUT2D eigenvalue weighted by molar-refractivity contribution is -0.140. The molecule has 1 saturated heterocycles. The van der Waals surface area contributed by atoms with E-state index in [0.29, 0.717) is 31.1 Å². The minimum Gasteiger partial charge on any atom is -0.503 e. The van der Waals surface area contributed by atoms with E-state index >= 15 is 0 Å². The summed E-state index contributed by atoms with van der Waals surface area (Å²) in [4.78, 5) is 43.3. The molecule has 0 spiro atoms. The smallest absolute Gasteiger partial charge is 0.274 e. The van der Waals surface area contributed by atoms with Gasteiger partial charge >= 0.3 is 0 Å². The van der Waals surface area contributed by atoms with Crippen LogP contribution in [0.5, 0.6) is 5.75 Å². The van der Waals surface area contributed by atoms with Crippen molar-refractivity contribution in [2.24, 2.45) is 0 Å². The van der Waals surface area contributed by atoms with Crippen molar-refractivity contribution in [2.45, 2.75) is 38.6 Å². The molecule has 11 heteroatoms. The van der Waals surface area contributed by atoms with E-state index in [1.54, 1.807) is 30.9 Å². The van der Waals surface area contributed by atoms with Gasteiger partial charge in [0.05, 0.1) is 12.1 Å². The zero-order valence-electron chi connectivity index (χ0n) is 20.0. The summed E-state index contributed by atoms with van der Waals surface area (Å²) in [7, 11) is 0. The molecule has 1 atom stereocenters. The predicted molar refractivity (Wildman–Crippen MR) is 132 cm³/mol. The van der Waals surface area contributed by atoms with Gasteiger partial charge in [-0.15, -0.1) is 10.2 Å². The van der Waals surface area contributed by atoms with Gasteiger partial charge in [-0.05, 0) is 44.4 Å². The van der Waals surface area contributed by atoms with Crippen LogP contribution in [0.4, 0.5) is 4.39 Å². The highest BCUT2D eigenvalue weighted by molar-refractivity contribution is 7.14. The Morgan fingerprint density at radius 1 is 1.17 bits per heavy atom. The molecule has 0 radical (unpaired) electrons. The number of hydrogen-bond acceptors (Lipinski definition) is 7. The van der Waals surface area contributed by atoms with Crippen LogP contribution in [0.15, 0.2) is 35.3 Å². The second-order valence-electron chi connectivity index (χ2n) is 9.34. The Bertz CT molecular complexity index is 1400. The number of amides is 2. The van der Waals surface area contributed by atoms with E-state index in [9.17, 15) is 23.9 Å². The first-order valence-corrected chi connectivity index (χ1v) is 12.7. The number of aromatic hydroxyl groups is 1. The Hall–Kier alpha value is -3.60. The fourth-order valence-electron chi connectivity index (χ4n) is 4.91. The highest BCUT2D eigenvalue weighted by atomic mass is 32.1. The molecular formula is C25H26FN5O4S. The molecule has 2 amide bonds. The van der Waals surface area contributed by atoms with Crippen LogP contribution in [0.1, 0.15) is 47.7 Å². The summed E-state index contributed by atoms with van der Waals surface area (Å²) in [6.07, 6.45) is 3.67. The molecular weight excluding hydrogens is 485 g/mol. The molecule has 1 fully saturated rings. The van der Waals surface area contributed by atoms with Crippen molar-refractivity contribution in [3.8, 4) is 16.3 Å². The number of likely N-dealkylation sites (tertiary alicyclic amines) is 1. The van der Waals surface area contributed by atoms with Gasteiger partial charge in [-0.2, -0.15) is 0 Å². The number of nitrogens with zero attached hydrogens (tertiary/aromatic N) is 5. The summed E-state index contributed by atoms with van der Waals surface area (Å²) < 4.78 is 14.7. The van der Waals surface area contributed by atoms with Gasteiger partial charge in [-0.1, -0.05) is 23.5 Å². The normalized spacial score (nSPS) is 19.6. The number of halogens is 1. The molecule has 2 aliphatic heterocycles. The first-order chi connectivity index (χ1) is 17.2. The van der Waals surface area contributed by atoms with Gasteiger partial charge in [0.15, 0.2) is 16.5 Å². The number of benzene rings is 1. The molecule has 1 N–H and O–H groups in total. The minimum atomic E-state index is -1.20. The molecule has 0 bridgehead atoms. The van der Waals surface area contributed by atoms with Crippen LogP contribution < -0.4 is 5.43 Å². The number of fused-ring (bicyclic) bond motifs is 1. The number of rotatable bonds is 5. The number of carbonyl (C=O) groups excluding carboxylic acids is 2. The summed E-state index contributed by atoms with van der Waals surface area (Å²) in [6.45, 7) is 5.25. The second-order valence-corrected chi connectivity index (χ2v) is 10.4. The number of carbonyl (C=O) groups is 2. The highest BCUT2D eigenvalue weighted by Gasteiger charge is 2.48. The largest absolute Gasteiger partial charge is 0.503 e. The van der Waals surface area contributed by atoms with Gasteiger partial charge in [-0.3, -0.25) is 14.4 Å². The van der Waals surface area contributed by atoms with E-state index in [-0.39, 0.29) is 34.5 Å². The third-order valence-corrected chi connectivity index (χ3v) is 7.86. The first kappa shape index (κ1) is 24.1. The molecule has 0 saturated carbocycles. The van der Waals surface area contributed by atoms with Crippen molar-refractivity contribution in [3.63, 3.8) is 0 Å². The van der Waals surface area contributed by atoms with Crippen molar-refractivity contribution < 1.29 is 19.1 Å². The van der Waals surface area contributed by atoms with Crippen LogP contribution in [0, 0.1) is 5.82 Å². The molecule has 9 nitrogen and oxygen atoms in total. The van der Waals surface area contributed by atoms with E-state index < -0.39 is 22.6 Å². The third kappa shape index (κ3) is 3.97. The van der Waals surface area contributed by atoms with Gasteiger partial charge < -0.3 is 19.5 Å². The maximum absolute atomic E-state index is 13.7. The Kier molecular flexibility index (Phi) is 6.11. The van der Waals surface area contributed by atoms with Crippen LogP contribution in [-0.2, 0) is 16.8 Å². The third-order valence-electron chi connectivity index (χ3n) is 6.90. The Balaban J connectivity index is 1.59. The molecule has 5 rings (SSSR count). The van der Waals surface area contributed by atoms with Crippen LogP contribution in [0.25, 0.3) is 10.6 Å². The molecule has 36 heavy (non-hydrogen) atoms. The van der Waals surface area contributed by atoms with Crippen LogP contribution in [0.2, 0.25) is 0 Å². The molecule has 1 aromatic carbocycles. The van der Waals surface area contributed by atoms with Gasteiger partial charge in [-0.25, -0.2) is 4.39 Å². The van der Waals surface area contributed by atoms with Crippen molar-refractivity contribution in [2.75, 3.05) is 26.2 Å². The Morgan fingerprint density at radius 3 is 2.53 bits per heavy atom. The second kappa shape index (κ2) is 9.12. The Labute approximate surface area is 210 Å². The lowest BCUT2D eigenvalue weighted by atomic mass is 9.93. The maximum atomic E-state index is 13.7. The van der Waals surface area contributed by atoms with Crippen molar-refractivity contribution in [3.05, 3.63) is 62.8 Å². The lowest BCUT2D eigenvalue weighted by Gasteiger charge is -2.43. The summed E-state index contributed by atoms with van der Waals surface area (Å²) in [6, 6.07) is 6.02. The van der Waals surface area contributed by atoms with Gasteiger partial charge in [0, 0.05) is 32.3 Å². The predicted octanol–water partition coefficient (Wildman–Crippen LogP) is 2.62. The molecule has 0 aliphatic carbocycles. The average Bonchev–Trinajstić information content (AvgIpc) is 3.57. The summed E-state index contributed by atoms with van der Waals surface area (Å²) >= 11 is 1.17. The number of aromatic nitrogens is 3. The van der Waals surface area contributed by atoms with Crippen molar-refractivity contribution in [1.29, 1.82) is 0 Å². The number of hydrogen-bond donors (Lipinski definition) is 1. The minimum absolute atomic E-state index is 0.0669. The average molecular weight is 512 g/mol. The van der Waals surface area contributed by atoms with E-state index in [1.165, 1.54) is 39.1 Å². The molecule has 2 aromatic heterocycles. The summed E-state index contributed by atoms with van der Waals surface area (Å²) in [5.41, 5.74) is -1.24. The quantitative estimate of drug-likeness (QED) is 0.564. The van der Waals surface area contributed by atoms with E-state index in [4.69, 9.17) is 0 Å². The highest BCUT2D eigenvalue weighted by Crippen LogP contribution is 2.35. The summed E-state index contributed by atoms with van der Waals surface area (Å²) in [5, 5.41) is 20.1. The van der Waals surface area contributed by atoms with Crippen LogP contribution >= 0.6 is 11.3 Å². The molecule has 4 heterocycles. The zero-order valence-corrected chi connectivity index (χ0v) is 20.8. The SMILES string of the molecule is CCN1C[C@](C)(C(=O)N2CCCC2)n2cc(-c3nnc(Cc4ccc(F)cc4)s3)c(=O)c(O)c2C1=O. The number of likely N-dealkylation sites (N-methyl/N-ethyl adjacent to an activating group) is 1. The number of pyridine rings is 1. The summed E-state index contributed by atoms with van der Waals surface area (Å²) in [5.74, 6) is -1.70. The van der Waals surface area contributed by atoms with Crippen LogP contribution in [-0.4, -0.2) is 67.7 Å². The van der Waals surface area contributed by atoms with Crippen LogP contribution in [0.3, 0.4) is 0 Å². The van der Waals surface area contributed by atoms with E-state index in [1.807, 2.05) is 0 Å². The molecule has 188 valence electrons. The van der Waals surface area contributed by atoms with Gasteiger partial charge in [0.25, 0.3) is 5.91 Å². The first-order valence-electron chi connectivity index (χ1n) is 11.9. The van der Waals surface area contributed by atoms with Gasteiger partial charge in [0.1, 0.15) is 16.4 Å².